The normalized spacial score (nSPS) is 19.4. The fourth-order valence-electron chi connectivity index (χ4n) is 1.74. The summed E-state index contributed by atoms with van der Waals surface area (Å²) in [5, 5.41) is 3.29. The lowest BCUT2D eigenvalue weighted by Crippen LogP contribution is -2.56. The molecule has 1 aromatic rings. The SMILES string of the molecule is CC(c1cccnc1)N(C)C1CNC1. The third kappa shape index (κ3) is 1.79. The Balaban J connectivity index is 2.03. The lowest BCUT2D eigenvalue weighted by molar-refractivity contribution is 0.136. The van der Waals surface area contributed by atoms with Crippen LogP contribution in [0, 0.1) is 0 Å². The summed E-state index contributed by atoms with van der Waals surface area (Å²) in [6.45, 7) is 4.46. The minimum absolute atomic E-state index is 0.454. The fourth-order valence-corrected chi connectivity index (χ4v) is 1.74. The molecule has 0 radical (unpaired) electrons. The average Bonchev–Trinajstić information content (AvgIpc) is 2.15. The van der Waals surface area contributed by atoms with Crippen LogP contribution in [0.25, 0.3) is 0 Å². The van der Waals surface area contributed by atoms with E-state index in [0.29, 0.717) is 12.1 Å². The van der Waals surface area contributed by atoms with Gasteiger partial charge in [-0.05, 0) is 25.6 Å². The summed E-state index contributed by atoms with van der Waals surface area (Å²) < 4.78 is 0. The van der Waals surface area contributed by atoms with E-state index in [1.54, 1.807) is 0 Å². The van der Waals surface area contributed by atoms with Gasteiger partial charge in [0, 0.05) is 37.6 Å². The van der Waals surface area contributed by atoms with Gasteiger partial charge in [-0.25, -0.2) is 0 Å². The number of hydrogen-bond acceptors (Lipinski definition) is 3. The molecule has 0 spiro atoms. The molecule has 1 fully saturated rings. The molecule has 14 heavy (non-hydrogen) atoms. The van der Waals surface area contributed by atoms with Gasteiger partial charge in [-0.3, -0.25) is 9.88 Å². The monoisotopic (exact) mass is 191 g/mol. The number of hydrogen-bond donors (Lipinski definition) is 1. The number of nitrogens with zero attached hydrogens (tertiary/aromatic N) is 2. The van der Waals surface area contributed by atoms with Gasteiger partial charge < -0.3 is 5.32 Å². The number of rotatable bonds is 3. The van der Waals surface area contributed by atoms with Crippen molar-refractivity contribution in [3.63, 3.8) is 0 Å². The molecule has 0 aromatic carbocycles. The summed E-state index contributed by atoms with van der Waals surface area (Å²) in [6, 6.07) is 5.28. The summed E-state index contributed by atoms with van der Waals surface area (Å²) in [6.07, 6.45) is 3.77. The second-order valence-corrected chi connectivity index (χ2v) is 3.94. The molecule has 2 rings (SSSR count). The van der Waals surface area contributed by atoms with Crippen LogP contribution in [0.4, 0.5) is 0 Å². The van der Waals surface area contributed by atoms with Gasteiger partial charge in [0.15, 0.2) is 0 Å². The Morgan fingerprint density at radius 2 is 2.36 bits per heavy atom. The first-order valence-corrected chi connectivity index (χ1v) is 5.11. The van der Waals surface area contributed by atoms with E-state index in [-0.39, 0.29) is 0 Å². The van der Waals surface area contributed by atoms with E-state index in [4.69, 9.17) is 0 Å². The highest BCUT2D eigenvalue weighted by molar-refractivity contribution is 5.13. The second-order valence-electron chi connectivity index (χ2n) is 3.94. The standard InChI is InChI=1S/C11H17N3/c1-9(10-4-3-5-12-6-10)14(2)11-7-13-8-11/h3-6,9,11,13H,7-8H2,1-2H3. The van der Waals surface area contributed by atoms with Crippen LogP contribution >= 0.6 is 0 Å². The van der Waals surface area contributed by atoms with Gasteiger partial charge in [-0.2, -0.15) is 0 Å². The zero-order valence-corrected chi connectivity index (χ0v) is 8.77. The van der Waals surface area contributed by atoms with E-state index in [2.05, 4.69) is 35.2 Å². The molecule has 1 aliphatic rings. The van der Waals surface area contributed by atoms with Crippen LogP contribution in [0.1, 0.15) is 18.5 Å². The number of likely N-dealkylation sites (N-methyl/N-ethyl adjacent to an activating group) is 1. The van der Waals surface area contributed by atoms with Crippen LogP contribution in [-0.2, 0) is 0 Å². The lowest BCUT2D eigenvalue weighted by atomic mass is 10.1. The number of aromatic nitrogens is 1. The van der Waals surface area contributed by atoms with Crippen molar-refractivity contribution < 1.29 is 0 Å². The van der Waals surface area contributed by atoms with Gasteiger partial charge >= 0.3 is 0 Å². The van der Waals surface area contributed by atoms with E-state index >= 15 is 0 Å². The highest BCUT2D eigenvalue weighted by Crippen LogP contribution is 2.20. The molecule has 0 aliphatic carbocycles. The number of pyridine rings is 1. The van der Waals surface area contributed by atoms with Crippen molar-refractivity contribution in [3.8, 4) is 0 Å². The summed E-state index contributed by atoms with van der Waals surface area (Å²) in [5.74, 6) is 0. The van der Waals surface area contributed by atoms with Crippen LogP contribution in [0.15, 0.2) is 24.5 Å². The smallest absolute Gasteiger partial charge is 0.0348 e. The van der Waals surface area contributed by atoms with Crippen molar-refractivity contribution >= 4 is 0 Å². The Bertz CT molecular complexity index is 282. The molecule has 1 saturated heterocycles. The quantitative estimate of drug-likeness (QED) is 0.774. The van der Waals surface area contributed by atoms with Crippen LogP contribution in [0.5, 0.6) is 0 Å². The molecule has 1 unspecified atom stereocenters. The Morgan fingerprint density at radius 3 is 2.86 bits per heavy atom. The van der Waals surface area contributed by atoms with E-state index in [1.165, 1.54) is 5.56 Å². The molecule has 1 aliphatic heterocycles. The summed E-state index contributed by atoms with van der Waals surface area (Å²) in [7, 11) is 2.18. The van der Waals surface area contributed by atoms with Gasteiger partial charge in [0.1, 0.15) is 0 Å². The number of nitrogens with one attached hydrogen (secondary N) is 1. The largest absolute Gasteiger partial charge is 0.314 e. The molecule has 3 heteroatoms. The first kappa shape index (κ1) is 9.62. The predicted molar refractivity (Wildman–Crippen MR) is 57.1 cm³/mol. The molecule has 1 N–H and O–H groups in total. The maximum absolute atomic E-state index is 4.15. The molecule has 76 valence electrons. The minimum Gasteiger partial charge on any atom is -0.314 e. The maximum Gasteiger partial charge on any atom is 0.0348 e. The molecule has 0 amide bonds. The van der Waals surface area contributed by atoms with E-state index < -0.39 is 0 Å². The lowest BCUT2D eigenvalue weighted by Gasteiger charge is -2.39. The molecular weight excluding hydrogens is 174 g/mol. The highest BCUT2D eigenvalue weighted by Gasteiger charge is 2.25. The molecule has 3 nitrogen and oxygen atoms in total. The van der Waals surface area contributed by atoms with E-state index in [9.17, 15) is 0 Å². The minimum atomic E-state index is 0.454. The summed E-state index contributed by atoms with van der Waals surface area (Å²) >= 11 is 0. The van der Waals surface area contributed by atoms with Crippen molar-refractivity contribution in [2.24, 2.45) is 0 Å². The zero-order valence-electron chi connectivity index (χ0n) is 8.77. The second kappa shape index (κ2) is 4.07. The van der Waals surface area contributed by atoms with Gasteiger partial charge in [-0.1, -0.05) is 6.07 Å². The average molecular weight is 191 g/mol. The predicted octanol–water partition coefficient (Wildman–Crippen LogP) is 1.05. The van der Waals surface area contributed by atoms with Crippen LogP contribution in [0.2, 0.25) is 0 Å². The molecule has 1 aromatic heterocycles. The van der Waals surface area contributed by atoms with E-state index in [1.807, 2.05) is 18.5 Å². The Labute approximate surface area is 85.1 Å². The zero-order chi connectivity index (χ0) is 9.97. The third-order valence-corrected chi connectivity index (χ3v) is 3.11. The van der Waals surface area contributed by atoms with Crippen molar-refractivity contribution in [1.29, 1.82) is 0 Å². The van der Waals surface area contributed by atoms with Gasteiger partial charge in [0.05, 0.1) is 0 Å². The van der Waals surface area contributed by atoms with Crippen molar-refractivity contribution in [2.45, 2.75) is 19.0 Å². The molecule has 2 heterocycles. The Morgan fingerprint density at radius 1 is 1.57 bits per heavy atom. The summed E-state index contributed by atoms with van der Waals surface area (Å²) in [4.78, 5) is 6.56. The van der Waals surface area contributed by atoms with Gasteiger partial charge in [0.2, 0.25) is 0 Å². The summed E-state index contributed by atoms with van der Waals surface area (Å²) in [5.41, 5.74) is 1.29. The maximum atomic E-state index is 4.15. The first-order valence-electron chi connectivity index (χ1n) is 5.11. The third-order valence-electron chi connectivity index (χ3n) is 3.11. The van der Waals surface area contributed by atoms with Crippen molar-refractivity contribution in [3.05, 3.63) is 30.1 Å². The first-order chi connectivity index (χ1) is 6.79. The molecule has 1 atom stereocenters. The van der Waals surface area contributed by atoms with Gasteiger partial charge in [-0.15, -0.1) is 0 Å². The molecule has 0 bridgehead atoms. The molecule has 0 saturated carbocycles. The highest BCUT2D eigenvalue weighted by atomic mass is 15.2. The van der Waals surface area contributed by atoms with Crippen molar-refractivity contribution in [2.75, 3.05) is 20.1 Å². The van der Waals surface area contributed by atoms with Crippen LogP contribution in [0.3, 0.4) is 0 Å². The topological polar surface area (TPSA) is 28.2 Å². The van der Waals surface area contributed by atoms with Crippen LogP contribution in [-0.4, -0.2) is 36.1 Å². The Hall–Kier alpha value is -0.930. The molecular formula is C11H17N3. The van der Waals surface area contributed by atoms with Gasteiger partial charge in [0.25, 0.3) is 0 Å². The van der Waals surface area contributed by atoms with Crippen LogP contribution < -0.4 is 5.32 Å². The fraction of sp³-hybridized carbons (Fsp3) is 0.545. The van der Waals surface area contributed by atoms with Crippen molar-refractivity contribution in [1.82, 2.24) is 15.2 Å². The Kier molecular flexibility index (Phi) is 2.79. The van der Waals surface area contributed by atoms with E-state index in [0.717, 1.165) is 13.1 Å².